The number of carbonyl (C=O) groups excluding carboxylic acids is 1. The summed E-state index contributed by atoms with van der Waals surface area (Å²) < 4.78 is 0.810. The van der Waals surface area contributed by atoms with E-state index in [-0.39, 0.29) is 11.3 Å². The number of rotatable bonds is 1. The van der Waals surface area contributed by atoms with E-state index in [1.807, 2.05) is 6.07 Å². The molecule has 0 saturated heterocycles. The molecule has 1 aliphatic rings. The van der Waals surface area contributed by atoms with Crippen molar-refractivity contribution in [1.29, 1.82) is 0 Å². The number of nitrogens with one attached hydrogen (secondary N) is 1. The molecule has 0 saturated carbocycles. The first-order valence-electron chi connectivity index (χ1n) is 5.81. The molecule has 0 fully saturated rings. The van der Waals surface area contributed by atoms with Crippen LogP contribution in [-0.2, 0) is 6.42 Å². The average molecular weight is 339 g/mol. The van der Waals surface area contributed by atoms with Crippen LogP contribution in [0.25, 0.3) is 11.1 Å². The summed E-state index contributed by atoms with van der Waals surface area (Å²) in [6, 6.07) is 6.78. The van der Waals surface area contributed by atoms with Crippen LogP contribution in [-0.4, -0.2) is 10.8 Å². The second-order valence-corrected chi connectivity index (χ2v) is 5.74. The van der Waals surface area contributed by atoms with Crippen LogP contribution in [0.2, 0.25) is 5.02 Å². The Morgan fingerprint density at radius 2 is 1.89 bits per heavy atom. The summed E-state index contributed by atoms with van der Waals surface area (Å²) in [5.74, 6) is 0.0631. The number of benzene rings is 1. The summed E-state index contributed by atoms with van der Waals surface area (Å²) in [5.41, 5.74) is 2.55. The van der Waals surface area contributed by atoms with Crippen molar-refractivity contribution in [2.75, 3.05) is 0 Å². The molecule has 5 heteroatoms. The smallest absolute Gasteiger partial charge is 0.248 e. The molecule has 1 N–H and O–H groups in total. The third kappa shape index (κ3) is 2.15. The van der Waals surface area contributed by atoms with E-state index in [1.54, 1.807) is 12.1 Å². The molecule has 2 aromatic rings. The minimum absolute atomic E-state index is 0.0631. The Morgan fingerprint density at radius 1 is 1.11 bits per heavy atom. The van der Waals surface area contributed by atoms with Gasteiger partial charge in [-0.2, -0.15) is 0 Å². The number of aromatic nitrogens is 1. The lowest BCUT2D eigenvalue weighted by Crippen LogP contribution is -2.10. The van der Waals surface area contributed by atoms with Crippen molar-refractivity contribution in [2.24, 2.45) is 0 Å². The second-order valence-electron chi connectivity index (χ2n) is 4.45. The summed E-state index contributed by atoms with van der Waals surface area (Å²) in [6.07, 6.45) is 1.04. The number of aryl methyl sites for hydroxylation is 1. The van der Waals surface area contributed by atoms with Crippen molar-refractivity contribution in [3.63, 3.8) is 0 Å². The van der Waals surface area contributed by atoms with E-state index in [1.165, 1.54) is 6.07 Å². The maximum atomic E-state index is 12.0. The van der Waals surface area contributed by atoms with Crippen molar-refractivity contribution in [3.8, 4) is 11.1 Å². The van der Waals surface area contributed by atoms with Crippen LogP contribution < -0.4 is 5.56 Å². The minimum atomic E-state index is -0.199. The standard InChI is InChI=1S/C14H9BrClNO2/c15-10-2-1-7(16)5-8(10)9-6-13(19)17-11-3-4-12(18)14(9)11/h1-2,5-6H,3-4H2,(H,17,19). The van der Waals surface area contributed by atoms with Gasteiger partial charge in [-0.15, -0.1) is 0 Å². The Morgan fingerprint density at radius 3 is 2.68 bits per heavy atom. The van der Waals surface area contributed by atoms with Gasteiger partial charge in [0.05, 0.1) is 0 Å². The number of hydrogen-bond acceptors (Lipinski definition) is 2. The van der Waals surface area contributed by atoms with Gasteiger partial charge in [-0.3, -0.25) is 9.59 Å². The molecular weight excluding hydrogens is 330 g/mol. The molecule has 0 spiro atoms. The topological polar surface area (TPSA) is 49.9 Å². The fraction of sp³-hybridized carbons (Fsp3) is 0.143. The van der Waals surface area contributed by atoms with E-state index < -0.39 is 0 Å². The zero-order valence-corrected chi connectivity index (χ0v) is 12.1. The number of Topliss-reactive ketones (excluding diaryl/α,β-unsaturated/α-hetero) is 1. The minimum Gasteiger partial charge on any atom is -0.325 e. The quantitative estimate of drug-likeness (QED) is 0.864. The Bertz CT molecular complexity index is 752. The normalized spacial score (nSPS) is 13.7. The second kappa shape index (κ2) is 4.62. The highest BCUT2D eigenvalue weighted by atomic mass is 79.9. The Kier molecular flexibility index (Phi) is 3.07. The van der Waals surface area contributed by atoms with Crippen molar-refractivity contribution < 1.29 is 4.79 Å². The lowest BCUT2D eigenvalue weighted by atomic mass is 9.99. The van der Waals surface area contributed by atoms with Crippen LogP contribution >= 0.6 is 27.5 Å². The third-order valence-electron chi connectivity index (χ3n) is 3.22. The molecule has 3 nitrogen and oxygen atoms in total. The number of aromatic amines is 1. The van der Waals surface area contributed by atoms with Crippen molar-refractivity contribution in [2.45, 2.75) is 12.8 Å². The highest BCUT2D eigenvalue weighted by Crippen LogP contribution is 2.35. The van der Waals surface area contributed by atoms with Crippen LogP contribution in [0.15, 0.2) is 33.5 Å². The van der Waals surface area contributed by atoms with Gasteiger partial charge in [-0.05, 0) is 30.2 Å². The molecular formula is C14H9BrClNO2. The van der Waals surface area contributed by atoms with E-state index in [9.17, 15) is 9.59 Å². The highest BCUT2D eigenvalue weighted by molar-refractivity contribution is 9.10. The molecule has 1 aliphatic carbocycles. The molecule has 1 aromatic carbocycles. The Labute approximate surface area is 122 Å². The SMILES string of the molecule is O=C1CCc2[nH]c(=O)cc(-c3cc(Cl)ccc3Br)c21. The Balaban J connectivity index is 2.35. The summed E-state index contributed by atoms with van der Waals surface area (Å²) in [5, 5.41) is 0.567. The van der Waals surface area contributed by atoms with Crippen LogP contribution in [0.5, 0.6) is 0 Å². The molecule has 0 aliphatic heterocycles. The first-order chi connectivity index (χ1) is 9.06. The molecule has 1 heterocycles. The fourth-order valence-electron chi connectivity index (χ4n) is 2.40. The van der Waals surface area contributed by atoms with E-state index in [4.69, 9.17) is 11.6 Å². The number of carbonyl (C=O) groups is 1. The van der Waals surface area contributed by atoms with Gasteiger partial charge in [0.2, 0.25) is 5.56 Å². The van der Waals surface area contributed by atoms with Gasteiger partial charge in [0.25, 0.3) is 0 Å². The van der Waals surface area contributed by atoms with Gasteiger partial charge in [-0.25, -0.2) is 0 Å². The molecule has 0 bridgehead atoms. The zero-order chi connectivity index (χ0) is 13.6. The van der Waals surface area contributed by atoms with Gasteiger partial charge in [0.1, 0.15) is 0 Å². The summed E-state index contributed by atoms with van der Waals surface area (Å²) in [4.78, 5) is 26.4. The van der Waals surface area contributed by atoms with Gasteiger partial charge >= 0.3 is 0 Å². The van der Waals surface area contributed by atoms with E-state index in [0.29, 0.717) is 29.0 Å². The van der Waals surface area contributed by atoms with Crippen LogP contribution in [0, 0.1) is 0 Å². The van der Waals surface area contributed by atoms with Crippen LogP contribution in [0.3, 0.4) is 0 Å². The number of pyridine rings is 1. The lowest BCUT2D eigenvalue weighted by molar-refractivity contribution is 0.0995. The van der Waals surface area contributed by atoms with Crippen LogP contribution in [0.4, 0.5) is 0 Å². The maximum absolute atomic E-state index is 12.0. The molecule has 0 unspecified atom stereocenters. The number of H-pyrrole nitrogens is 1. The zero-order valence-electron chi connectivity index (χ0n) is 9.80. The van der Waals surface area contributed by atoms with Gasteiger partial charge in [0.15, 0.2) is 5.78 Å². The number of halogens is 2. The van der Waals surface area contributed by atoms with Gasteiger partial charge < -0.3 is 4.98 Å². The predicted octanol–water partition coefficient (Wildman–Crippen LogP) is 3.59. The van der Waals surface area contributed by atoms with Crippen LogP contribution in [0.1, 0.15) is 22.5 Å². The molecule has 1 aromatic heterocycles. The van der Waals surface area contributed by atoms with E-state index in [2.05, 4.69) is 20.9 Å². The summed E-state index contributed by atoms with van der Waals surface area (Å²) >= 11 is 9.44. The largest absolute Gasteiger partial charge is 0.325 e. The maximum Gasteiger partial charge on any atom is 0.248 e. The van der Waals surface area contributed by atoms with E-state index >= 15 is 0 Å². The summed E-state index contributed by atoms with van der Waals surface area (Å²) in [6.45, 7) is 0. The average Bonchev–Trinajstić information content (AvgIpc) is 2.73. The Hall–Kier alpha value is -1.39. The van der Waals surface area contributed by atoms with Crippen molar-refractivity contribution in [3.05, 3.63) is 55.4 Å². The summed E-state index contributed by atoms with van der Waals surface area (Å²) in [7, 11) is 0. The number of hydrogen-bond donors (Lipinski definition) is 1. The molecule has 3 rings (SSSR count). The monoisotopic (exact) mass is 337 g/mol. The molecule has 19 heavy (non-hydrogen) atoms. The van der Waals surface area contributed by atoms with Crippen molar-refractivity contribution in [1.82, 2.24) is 4.98 Å². The van der Waals surface area contributed by atoms with Crippen molar-refractivity contribution >= 4 is 33.3 Å². The fourth-order valence-corrected chi connectivity index (χ4v) is 3.03. The van der Waals surface area contributed by atoms with E-state index in [0.717, 1.165) is 15.7 Å². The molecule has 0 atom stereocenters. The molecule has 96 valence electrons. The van der Waals surface area contributed by atoms with Gasteiger partial charge in [-0.1, -0.05) is 27.5 Å². The van der Waals surface area contributed by atoms with Gasteiger partial charge in [0, 0.05) is 38.8 Å². The number of fused-ring (bicyclic) bond motifs is 1. The molecule has 0 radical (unpaired) electrons. The molecule has 0 amide bonds. The highest BCUT2D eigenvalue weighted by Gasteiger charge is 2.25. The lowest BCUT2D eigenvalue weighted by Gasteiger charge is -2.09. The first kappa shape index (κ1) is 12.6. The number of ketones is 1. The predicted molar refractivity (Wildman–Crippen MR) is 77.9 cm³/mol. The first-order valence-corrected chi connectivity index (χ1v) is 6.98. The third-order valence-corrected chi connectivity index (χ3v) is 4.15.